The van der Waals surface area contributed by atoms with E-state index in [1.54, 1.807) is 0 Å². The Morgan fingerprint density at radius 2 is 2.00 bits per heavy atom. The first-order chi connectivity index (χ1) is 9.82. The van der Waals surface area contributed by atoms with Crippen LogP contribution >= 0.6 is 0 Å². The zero-order valence-corrected chi connectivity index (χ0v) is 12.2. The lowest BCUT2D eigenvalue weighted by molar-refractivity contribution is -0.145. The van der Waals surface area contributed by atoms with Gasteiger partial charge in [-0.25, -0.2) is 4.79 Å². The molecule has 1 aromatic rings. The first-order valence-electron chi connectivity index (χ1n) is 7.16. The lowest BCUT2D eigenvalue weighted by Crippen LogP contribution is -2.22. The fourth-order valence-corrected chi connectivity index (χ4v) is 3.10. The van der Waals surface area contributed by atoms with Crippen molar-refractivity contribution in [2.75, 3.05) is 7.11 Å². The third-order valence-electron chi connectivity index (χ3n) is 4.22. The van der Waals surface area contributed by atoms with Gasteiger partial charge in [0, 0.05) is 12.4 Å². The molecule has 0 radical (unpaired) electrons. The van der Waals surface area contributed by atoms with Crippen LogP contribution in [-0.2, 0) is 15.7 Å². The van der Waals surface area contributed by atoms with Crippen molar-refractivity contribution in [3.63, 3.8) is 0 Å². The molecule has 1 aliphatic carbocycles. The zero-order valence-electron chi connectivity index (χ0n) is 12.2. The van der Waals surface area contributed by atoms with Gasteiger partial charge in [-0.15, -0.1) is 0 Å². The highest BCUT2D eigenvalue weighted by Crippen LogP contribution is 2.36. The number of rotatable bonds is 4. The topological polar surface area (TPSA) is 31.2 Å². The SMILES string of the molecule is COC(=O)[C@H](CC1CCCC1)n1cc(C)c(C(F)(F)F)c1. The number of halogens is 3. The van der Waals surface area contributed by atoms with E-state index >= 15 is 0 Å². The van der Waals surface area contributed by atoms with Crippen LogP contribution in [0.2, 0.25) is 0 Å². The van der Waals surface area contributed by atoms with E-state index < -0.39 is 23.8 Å². The number of alkyl halides is 3. The molecule has 0 N–H and O–H groups in total. The number of aromatic nitrogens is 1. The summed E-state index contributed by atoms with van der Waals surface area (Å²) in [6.07, 6.45) is 2.85. The van der Waals surface area contributed by atoms with Gasteiger partial charge in [0.05, 0.1) is 12.7 Å². The number of methoxy groups -OCH3 is 1. The van der Waals surface area contributed by atoms with E-state index in [0.29, 0.717) is 12.3 Å². The van der Waals surface area contributed by atoms with E-state index in [1.807, 2.05) is 0 Å². The third-order valence-corrected chi connectivity index (χ3v) is 4.22. The summed E-state index contributed by atoms with van der Waals surface area (Å²) in [4.78, 5) is 11.9. The summed E-state index contributed by atoms with van der Waals surface area (Å²) in [6.45, 7) is 1.41. The van der Waals surface area contributed by atoms with E-state index in [2.05, 4.69) is 0 Å². The number of esters is 1. The van der Waals surface area contributed by atoms with Crippen LogP contribution in [0.3, 0.4) is 0 Å². The van der Waals surface area contributed by atoms with Gasteiger partial charge >= 0.3 is 12.1 Å². The Hall–Kier alpha value is -1.46. The molecule has 1 atom stereocenters. The van der Waals surface area contributed by atoms with Gasteiger partial charge in [0.1, 0.15) is 6.04 Å². The average Bonchev–Trinajstić information content (AvgIpc) is 3.03. The molecule has 1 saturated carbocycles. The molecule has 1 aromatic heterocycles. The standard InChI is InChI=1S/C15H20F3NO2/c1-10-8-19(9-12(10)15(16,17)18)13(14(20)21-2)7-11-5-3-4-6-11/h8-9,11,13H,3-7H2,1-2H3/t13-/m0/s1. The van der Waals surface area contributed by atoms with Crippen molar-refractivity contribution in [3.05, 3.63) is 23.5 Å². The predicted molar refractivity (Wildman–Crippen MR) is 71.8 cm³/mol. The van der Waals surface area contributed by atoms with Crippen LogP contribution < -0.4 is 0 Å². The van der Waals surface area contributed by atoms with Gasteiger partial charge < -0.3 is 9.30 Å². The molecular formula is C15H20F3NO2. The molecule has 0 aliphatic heterocycles. The van der Waals surface area contributed by atoms with E-state index in [-0.39, 0.29) is 5.56 Å². The molecule has 0 amide bonds. The van der Waals surface area contributed by atoms with Crippen LogP contribution in [0.1, 0.15) is 49.3 Å². The summed E-state index contributed by atoms with van der Waals surface area (Å²) in [5, 5.41) is 0. The van der Waals surface area contributed by atoms with Crippen molar-refractivity contribution in [2.45, 2.75) is 51.2 Å². The van der Waals surface area contributed by atoms with Gasteiger partial charge in [-0.1, -0.05) is 25.7 Å². The van der Waals surface area contributed by atoms with Crippen LogP contribution in [0.4, 0.5) is 13.2 Å². The Labute approximate surface area is 122 Å². The largest absolute Gasteiger partial charge is 0.467 e. The van der Waals surface area contributed by atoms with Crippen LogP contribution in [-0.4, -0.2) is 17.6 Å². The smallest absolute Gasteiger partial charge is 0.418 e. The van der Waals surface area contributed by atoms with Gasteiger partial charge in [0.2, 0.25) is 0 Å². The number of nitrogens with zero attached hydrogens (tertiary/aromatic N) is 1. The second-order valence-corrected chi connectivity index (χ2v) is 5.73. The number of hydrogen-bond donors (Lipinski definition) is 0. The minimum Gasteiger partial charge on any atom is -0.467 e. The van der Waals surface area contributed by atoms with Crippen molar-refractivity contribution in [1.29, 1.82) is 0 Å². The highest BCUT2D eigenvalue weighted by atomic mass is 19.4. The number of hydrogen-bond acceptors (Lipinski definition) is 2. The summed E-state index contributed by atoms with van der Waals surface area (Å²) >= 11 is 0. The van der Waals surface area contributed by atoms with Crippen LogP contribution in [0.25, 0.3) is 0 Å². The maximum absolute atomic E-state index is 12.9. The number of ether oxygens (including phenoxy) is 1. The summed E-state index contributed by atoms with van der Waals surface area (Å²) in [7, 11) is 1.27. The molecule has 3 nitrogen and oxygen atoms in total. The molecule has 2 rings (SSSR count). The molecule has 0 spiro atoms. The maximum Gasteiger partial charge on any atom is 0.418 e. The molecule has 0 bridgehead atoms. The average molecular weight is 303 g/mol. The summed E-state index contributed by atoms with van der Waals surface area (Å²) < 4.78 is 44.8. The van der Waals surface area contributed by atoms with Crippen molar-refractivity contribution in [3.8, 4) is 0 Å². The Balaban J connectivity index is 2.26. The van der Waals surface area contributed by atoms with Gasteiger partial charge in [0.25, 0.3) is 0 Å². The van der Waals surface area contributed by atoms with E-state index in [0.717, 1.165) is 31.9 Å². The first-order valence-corrected chi connectivity index (χ1v) is 7.16. The van der Waals surface area contributed by atoms with E-state index in [9.17, 15) is 18.0 Å². The second kappa shape index (κ2) is 6.12. The molecule has 118 valence electrons. The molecule has 0 unspecified atom stereocenters. The number of aryl methyl sites for hydroxylation is 1. The van der Waals surface area contributed by atoms with Crippen LogP contribution in [0.15, 0.2) is 12.4 Å². The third kappa shape index (κ3) is 3.60. The quantitative estimate of drug-likeness (QED) is 0.784. The van der Waals surface area contributed by atoms with Gasteiger partial charge in [-0.05, 0) is 24.8 Å². The minimum absolute atomic E-state index is 0.128. The van der Waals surface area contributed by atoms with Crippen molar-refractivity contribution in [1.82, 2.24) is 4.57 Å². The summed E-state index contributed by atoms with van der Waals surface area (Å²) in [5.74, 6) is -0.100. The molecule has 1 fully saturated rings. The highest BCUT2D eigenvalue weighted by Gasteiger charge is 2.35. The lowest BCUT2D eigenvalue weighted by Gasteiger charge is -2.20. The molecule has 6 heteroatoms. The summed E-state index contributed by atoms with van der Waals surface area (Å²) in [5.41, 5.74) is -0.564. The van der Waals surface area contributed by atoms with Crippen molar-refractivity contribution < 1.29 is 22.7 Å². The normalized spacial score (nSPS) is 18.0. The maximum atomic E-state index is 12.9. The minimum atomic E-state index is -4.40. The molecule has 1 heterocycles. The van der Waals surface area contributed by atoms with Gasteiger partial charge in [-0.2, -0.15) is 13.2 Å². The molecule has 1 aliphatic rings. The van der Waals surface area contributed by atoms with Crippen molar-refractivity contribution in [2.24, 2.45) is 5.92 Å². The monoisotopic (exact) mass is 303 g/mol. The van der Waals surface area contributed by atoms with Gasteiger partial charge in [-0.3, -0.25) is 0 Å². The Bertz CT molecular complexity index is 502. The second-order valence-electron chi connectivity index (χ2n) is 5.73. The fourth-order valence-electron chi connectivity index (χ4n) is 3.10. The first kappa shape index (κ1) is 15.9. The fraction of sp³-hybridized carbons (Fsp3) is 0.667. The predicted octanol–water partition coefficient (Wildman–Crippen LogP) is 4.11. The van der Waals surface area contributed by atoms with E-state index in [1.165, 1.54) is 24.8 Å². The highest BCUT2D eigenvalue weighted by molar-refractivity contribution is 5.74. The zero-order chi connectivity index (χ0) is 15.6. The number of carbonyl (C=O) groups excluding carboxylic acids is 1. The molecule has 0 aromatic carbocycles. The Kier molecular flexibility index (Phi) is 4.64. The summed E-state index contributed by atoms with van der Waals surface area (Å²) in [6, 6.07) is -0.673. The molecule has 21 heavy (non-hydrogen) atoms. The van der Waals surface area contributed by atoms with Crippen LogP contribution in [0, 0.1) is 12.8 Å². The lowest BCUT2D eigenvalue weighted by atomic mass is 9.98. The van der Waals surface area contributed by atoms with Crippen LogP contribution in [0.5, 0.6) is 0 Å². The molecular weight excluding hydrogens is 283 g/mol. The Morgan fingerprint density at radius 1 is 1.38 bits per heavy atom. The molecule has 0 saturated heterocycles. The van der Waals surface area contributed by atoms with Crippen molar-refractivity contribution >= 4 is 5.97 Å². The van der Waals surface area contributed by atoms with E-state index in [4.69, 9.17) is 4.74 Å². The number of carbonyl (C=O) groups is 1. The Morgan fingerprint density at radius 3 is 2.48 bits per heavy atom. The van der Waals surface area contributed by atoms with Gasteiger partial charge in [0.15, 0.2) is 0 Å².